The highest BCUT2D eigenvalue weighted by atomic mass is 35.5. The maximum atomic E-state index is 12.3. The predicted molar refractivity (Wildman–Crippen MR) is 94.3 cm³/mol. The van der Waals surface area contributed by atoms with Gasteiger partial charge in [-0.05, 0) is 35.6 Å². The number of amides is 1. The van der Waals surface area contributed by atoms with Crippen LogP contribution in [-0.2, 0) is 4.79 Å². The molecule has 0 N–H and O–H groups in total. The van der Waals surface area contributed by atoms with E-state index in [0.717, 1.165) is 35.4 Å². The predicted octanol–water partition coefficient (Wildman–Crippen LogP) is 5.17. The van der Waals surface area contributed by atoms with Gasteiger partial charge in [-0.2, -0.15) is 0 Å². The van der Waals surface area contributed by atoms with Crippen LogP contribution in [0.15, 0.2) is 48.5 Å². The Morgan fingerprint density at radius 2 is 1.95 bits per heavy atom. The van der Waals surface area contributed by atoms with Gasteiger partial charge in [-0.15, -0.1) is 11.6 Å². The van der Waals surface area contributed by atoms with Gasteiger partial charge in [-0.25, -0.2) is 0 Å². The number of hydrogen-bond donors (Lipinski definition) is 0. The summed E-state index contributed by atoms with van der Waals surface area (Å²) in [5.41, 5.74) is 2.73. The lowest BCUT2D eigenvalue weighted by Gasteiger charge is -2.18. The van der Waals surface area contributed by atoms with Crippen LogP contribution in [0.1, 0.15) is 17.4 Å². The minimum Gasteiger partial charge on any atom is -0.285 e. The molecule has 2 nitrogen and oxygen atoms in total. The Morgan fingerprint density at radius 1 is 1.18 bits per heavy atom. The minimum atomic E-state index is -0.687. The zero-order valence-electron chi connectivity index (χ0n) is 11.8. The average molecular weight is 352 g/mol. The summed E-state index contributed by atoms with van der Waals surface area (Å²) in [6.45, 7) is 0.766. The van der Waals surface area contributed by atoms with Crippen LogP contribution in [-0.4, -0.2) is 22.5 Å². The SMILES string of the molecule is O=C(C(Cl)c1ccc(-c2ccccc2)c(Cl)c1)N1CCCS1. The van der Waals surface area contributed by atoms with Crippen LogP contribution in [0.3, 0.4) is 0 Å². The highest BCUT2D eigenvalue weighted by molar-refractivity contribution is 7.97. The van der Waals surface area contributed by atoms with E-state index in [0.29, 0.717) is 5.02 Å². The van der Waals surface area contributed by atoms with E-state index >= 15 is 0 Å². The van der Waals surface area contributed by atoms with Gasteiger partial charge in [0.1, 0.15) is 5.38 Å². The molecule has 2 aromatic rings. The highest BCUT2D eigenvalue weighted by Crippen LogP contribution is 2.34. The summed E-state index contributed by atoms with van der Waals surface area (Å²) in [4.78, 5) is 12.3. The maximum absolute atomic E-state index is 12.3. The first-order chi connectivity index (χ1) is 10.7. The van der Waals surface area contributed by atoms with Gasteiger partial charge in [0, 0.05) is 22.9 Å². The lowest BCUT2D eigenvalue weighted by atomic mass is 10.0. The highest BCUT2D eigenvalue weighted by Gasteiger charge is 2.27. The summed E-state index contributed by atoms with van der Waals surface area (Å²) in [5, 5.41) is -0.0795. The van der Waals surface area contributed by atoms with Crippen molar-refractivity contribution in [1.82, 2.24) is 4.31 Å². The number of halogens is 2. The number of carbonyl (C=O) groups is 1. The summed E-state index contributed by atoms with van der Waals surface area (Å²) in [5.74, 6) is 0.913. The Bertz CT molecular complexity index is 672. The molecule has 114 valence electrons. The first kappa shape index (κ1) is 15.7. The molecule has 1 unspecified atom stereocenters. The van der Waals surface area contributed by atoms with Gasteiger partial charge in [0.15, 0.2) is 0 Å². The van der Waals surface area contributed by atoms with Crippen LogP contribution in [0.25, 0.3) is 11.1 Å². The third-order valence-electron chi connectivity index (χ3n) is 3.59. The Morgan fingerprint density at radius 3 is 2.59 bits per heavy atom. The van der Waals surface area contributed by atoms with Gasteiger partial charge in [0.05, 0.1) is 0 Å². The Kier molecular flexibility index (Phi) is 4.97. The van der Waals surface area contributed by atoms with Crippen molar-refractivity contribution < 1.29 is 4.79 Å². The molecule has 0 saturated carbocycles. The molecule has 1 aliphatic rings. The molecular formula is C17H15Cl2NOS. The first-order valence-corrected chi connectivity index (χ1v) is 8.86. The van der Waals surface area contributed by atoms with E-state index in [4.69, 9.17) is 23.2 Å². The van der Waals surface area contributed by atoms with Crippen LogP contribution in [0.2, 0.25) is 5.02 Å². The fourth-order valence-electron chi connectivity index (χ4n) is 2.43. The molecule has 3 rings (SSSR count). The third kappa shape index (κ3) is 3.27. The van der Waals surface area contributed by atoms with Crippen LogP contribution >= 0.6 is 35.1 Å². The monoisotopic (exact) mass is 351 g/mol. The van der Waals surface area contributed by atoms with E-state index in [-0.39, 0.29) is 5.91 Å². The fourth-order valence-corrected chi connectivity index (χ4v) is 4.01. The molecule has 1 amide bonds. The lowest BCUT2D eigenvalue weighted by Crippen LogP contribution is -2.25. The van der Waals surface area contributed by atoms with Gasteiger partial charge >= 0.3 is 0 Å². The number of carbonyl (C=O) groups excluding carboxylic acids is 1. The van der Waals surface area contributed by atoms with E-state index < -0.39 is 5.38 Å². The standard InChI is InChI=1S/C17H15Cl2NOS/c18-15-11-13(16(19)17(21)20-9-4-10-22-20)7-8-14(15)12-5-2-1-3-6-12/h1-3,5-8,11,16H,4,9-10H2. The summed E-state index contributed by atoms with van der Waals surface area (Å²) in [6.07, 6.45) is 1.02. The zero-order chi connectivity index (χ0) is 15.5. The van der Waals surface area contributed by atoms with Crippen LogP contribution in [0.5, 0.6) is 0 Å². The molecule has 0 aromatic heterocycles. The van der Waals surface area contributed by atoms with Crippen LogP contribution in [0, 0.1) is 0 Å². The van der Waals surface area contributed by atoms with Crippen molar-refractivity contribution in [2.24, 2.45) is 0 Å². The Hall–Kier alpha value is -1.16. The zero-order valence-corrected chi connectivity index (χ0v) is 14.2. The molecule has 2 aromatic carbocycles. The molecule has 1 atom stereocenters. The van der Waals surface area contributed by atoms with Crippen molar-refractivity contribution in [1.29, 1.82) is 0 Å². The van der Waals surface area contributed by atoms with Crippen molar-refractivity contribution >= 4 is 41.1 Å². The second kappa shape index (κ2) is 6.95. The summed E-state index contributed by atoms with van der Waals surface area (Å²) < 4.78 is 1.75. The normalized spacial score (nSPS) is 15.8. The van der Waals surface area contributed by atoms with Crippen molar-refractivity contribution in [2.75, 3.05) is 12.3 Å². The minimum absolute atomic E-state index is 0.0623. The quantitative estimate of drug-likeness (QED) is 0.561. The molecule has 1 saturated heterocycles. The number of rotatable bonds is 3. The molecule has 0 spiro atoms. The third-order valence-corrected chi connectivity index (χ3v) is 5.48. The van der Waals surface area contributed by atoms with Gasteiger partial charge in [0.25, 0.3) is 5.91 Å². The fraction of sp³-hybridized carbons (Fsp3) is 0.235. The molecule has 0 aliphatic carbocycles. The van der Waals surface area contributed by atoms with Gasteiger partial charge in [0.2, 0.25) is 0 Å². The van der Waals surface area contributed by atoms with E-state index in [1.807, 2.05) is 42.5 Å². The Balaban J connectivity index is 1.84. The van der Waals surface area contributed by atoms with Crippen molar-refractivity contribution in [3.63, 3.8) is 0 Å². The van der Waals surface area contributed by atoms with Crippen molar-refractivity contribution in [2.45, 2.75) is 11.8 Å². The number of hydrogen-bond acceptors (Lipinski definition) is 2. The summed E-state index contributed by atoms with van der Waals surface area (Å²) in [7, 11) is 0. The molecule has 22 heavy (non-hydrogen) atoms. The number of alkyl halides is 1. The van der Waals surface area contributed by atoms with Gasteiger partial charge < -0.3 is 0 Å². The van der Waals surface area contributed by atoms with Crippen molar-refractivity contribution in [3.05, 3.63) is 59.1 Å². The van der Waals surface area contributed by atoms with Crippen LogP contribution in [0.4, 0.5) is 0 Å². The van der Waals surface area contributed by atoms with E-state index in [1.54, 1.807) is 22.3 Å². The van der Waals surface area contributed by atoms with Gasteiger partial charge in [-0.3, -0.25) is 9.10 Å². The second-order valence-electron chi connectivity index (χ2n) is 5.09. The molecule has 1 heterocycles. The molecule has 1 aliphatic heterocycles. The van der Waals surface area contributed by atoms with Gasteiger partial charge in [-0.1, -0.05) is 54.1 Å². The van der Waals surface area contributed by atoms with E-state index in [9.17, 15) is 4.79 Å². The first-order valence-electron chi connectivity index (χ1n) is 7.10. The second-order valence-corrected chi connectivity index (χ2v) is 7.05. The summed E-state index contributed by atoms with van der Waals surface area (Å²) in [6, 6.07) is 15.5. The smallest absolute Gasteiger partial charge is 0.255 e. The summed E-state index contributed by atoms with van der Waals surface area (Å²) >= 11 is 14.3. The Labute approximate surface area is 144 Å². The van der Waals surface area contributed by atoms with Crippen molar-refractivity contribution in [3.8, 4) is 11.1 Å². The average Bonchev–Trinajstić information content (AvgIpc) is 3.08. The van der Waals surface area contributed by atoms with Crippen LogP contribution < -0.4 is 0 Å². The number of benzene rings is 2. The molecule has 5 heteroatoms. The molecule has 0 radical (unpaired) electrons. The molecule has 1 fully saturated rings. The van der Waals surface area contributed by atoms with E-state index in [1.165, 1.54) is 0 Å². The molecule has 0 bridgehead atoms. The largest absolute Gasteiger partial charge is 0.285 e. The topological polar surface area (TPSA) is 20.3 Å². The van der Waals surface area contributed by atoms with E-state index in [2.05, 4.69) is 0 Å². The number of nitrogens with zero attached hydrogens (tertiary/aromatic N) is 1. The maximum Gasteiger partial charge on any atom is 0.255 e. The lowest BCUT2D eigenvalue weighted by molar-refractivity contribution is -0.125. The molecular weight excluding hydrogens is 337 g/mol.